The van der Waals surface area contributed by atoms with E-state index in [4.69, 9.17) is 19.2 Å². The van der Waals surface area contributed by atoms with Crippen LogP contribution in [0.5, 0.6) is 11.5 Å². The molecule has 0 N–H and O–H groups in total. The molecular formula is C25H30N4O6S2. The molecule has 2 aliphatic heterocycles. The summed E-state index contributed by atoms with van der Waals surface area (Å²) in [6.07, 6.45) is 0.751. The molecule has 0 radical (unpaired) electrons. The van der Waals surface area contributed by atoms with Crippen LogP contribution in [0.15, 0.2) is 41.3 Å². The molecule has 0 spiro atoms. The third-order valence-corrected chi connectivity index (χ3v) is 9.17. The van der Waals surface area contributed by atoms with Gasteiger partial charge in [-0.2, -0.15) is 4.31 Å². The number of benzene rings is 2. The molecule has 1 fully saturated rings. The van der Waals surface area contributed by atoms with E-state index in [0.29, 0.717) is 68.3 Å². The van der Waals surface area contributed by atoms with Crippen LogP contribution in [0.25, 0.3) is 10.2 Å². The summed E-state index contributed by atoms with van der Waals surface area (Å²) in [5, 5.41) is 0.575. The number of anilines is 1. The molecule has 3 aromatic rings. The molecule has 0 atom stereocenters. The Bertz CT molecular complexity index is 1320. The normalized spacial score (nSPS) is 16.3. The van der Waals surface area contributed by atoms with E-state index >= 15 is 0 Å². The lowest BCUT2D eigenvalue weighted by atomic mass is 10.2. The zero-order valence-corrected chi connectivity index (χ0v) is 22.5. The highest BCUT2D eigenvalue weighted by Gasteiger charge is 2.27. The number of carbonyl (C=O) groups is 1. The molecule has 5 rings (SSSR count). The van der Waals surface area contributed by atoms with Crippen LogP contribution in [0, 0.1) is 0 Å². The third kappa shape index (κ3) is 5.58. The maximum Gasteiger partial charge on any atom is 0.260 e. The van der Waals surface area contributed by atoms with Crippen LogP contribution in [0.3, 0.4) is 0 Å². The van der Waals surface area contributed by atoms with E-state index in [-0.39, 0.29) is 10.8 Å². The fourth-order valence-corrected chi connectivity index (χ4v) is 6.67. The number of hydrogen-bond donors (Lipinski definition) is 0. The van der Waals surface area contributed by atoms with Gasteiger partial charge < -0.3 is 19.1 Å². The van der Waals surface area contributed by atoms with Crippen LogP contribution in [0.2, 0.25) is 0 Å². The maximum atomic E-state index is 13.7. The SMILES string of the molecule is CN(C)CCCN(C(=O)c1ccc(S(=O)(=O)N2CCOCC2)cc1)c1nc2cc3c(cc2s1)OCCO3. The Balaban J connectivity index is 1.42. The van der Waals surface area contributed by atoms with Crippen LogP contribution in [0.4, 0.5) is 5.13 Å². The second-order valence-corrected chi connectivity index (χ2v) is 12.1. The van der Waals surface area contributed by atoms with Crippen molar-refractivity contribution >= 4 is 42.6 Å². The Morgan fingerprint density at radius 2 is 1.68 bits per heavy atom. The van der Waals surface area contributed by atoms with Crippen molar-refractivity contribution in [3.63, 3.8) is 0 Å². The highest BCUT2D eigenvalue weighted by molar-refractivity contribution is 7.89. The topological polar surface area (TPSA) is 102 Å². The van der Waals surface area contributed by atoms with Crippen molar-refractivity contribution in [3.8, 4) is 11.5 Å². The Labute approximate surface area is 220 Å². The lowest BCUT2D eigenvalue weighted by Gasteiger charge is -2.26. The molecule has 0 unspecified atom stereocenters. The molecule has 2 aromatic carbocycles. The first-order chi connectivity index (χ1) is 17.8. The minimum Gasteiger partial charge on any atom is -0.486 e. The number of aromatic nitrogens is 1. The van der Waals surface area contributed by atoms with Crippen molar-refractivity contribution in [2.45, 2.75) is 11.3 Å². The number of fused-ring (bicyclic) bond motifs is 2. The fraction of sp³-hybridized carbons (Fsp3) is 0.440. The average Bonchev–Trinajstić information content (AvgIpc) is 3.32. The summed E-state index contributed by atoms with van der Waals surface area (Å²) in [5.74, 6) is 1.10. The summed E-state index contributed by atoms with van der Waals surface area (Å²) >= 11 is 1.42. The minimum atomic E-state index is -3.64. The van der Waals surface area contributed by atoms with Crippen molar-refractivity contribution in [1.82, 2.24) is 14.2 Å². The number of thiazole rings is 1. The number of sulfonamides is 1. The second-order valence-electron chi connectivity index (χ2n) is 9.11. The van der Waals surface area contributed by atoms with E-state index in [2.05, 4.69) is 4.90 Å². The predicted molar refractivity (Wildman–Crippen MR) is 141 cm³/mol. The van der Waals surface area contributed by atoms with E-state index in [9.17, 15) is 13.2 Å². The number of hydrogen-bond acceptors (Lipinski definition) is 9. The summed E-state index contributed by atoms with van der Waals surface area (Å²) < 4.78 is 44.9. The summed E-state index contributed by atoms with van der Waals surface area (Å²) in [4.78, 5) is 22.3. The van der Waals surface area contributed by atoms with Gasteiger partial charge >= 0.3 is 0 Å². The van der Waals surface area contributed by atoms with Gasteiger partial charge in [-0.25, -0.2) is 13.4 Å². The first-order valence-electron chi connectivity index (χ1n) is 12.2. The zero-order chi connectivity index (χ0) is 26.0. The molecule has 1 saturated heterocycles. The second kappa shape index (κ2) is 10.9. The van der Waals surface area contributed by atoms with Crippen molar-refractivity contribution in [1.29, 1.82) is 0 Å². The van der Waals surface area contributed by atoms with Gasteiger partial charge in [-0.15, -0.1) is 0 Å². The summed E-state index contributed by atoms with van der Waals surface area (Å²) in [5.41, 5.74) is 1.14. The summed E-state index contributed by atoms with van der Waals surface area (Å²) in [6.45, 7) is 3.65. The Morgan fingerprint density at radius 1 is 1.00 bits per heavy atom. The van der Waals surface area contributed by atoms with Gasteiger partial charge in [0.15, 0.2) is 16.6 Å². The highest BCUT2D eigenvalue weighted by atomic mass is 32.2. The fourth-order valence-electron chi connectivity index (χ4n) is 4.26. The molecule has 3 heterocycles. The van der Waals surface area contributed by atoms with Crippen molar-refractivity contribution in [2.75, 3.05) is 71.6 Å². The van der Waals surface area contributed by atoms with Crippen LogP contribution >= 0.6 is 11.3 Å². The molecule has 2 aliphatic rings. The van der Waals surface area contributed by atoms with E-state index in [1.54, 1.807) is 17.0 Å². The van der Waals surface area contributed by atoms with Crippen molar-refractivity contribution in [3.05, 3.63) is 42.0 Å². The number of ether oxygens (including phenoxy) is 3. The Kier molecular flexibility index (Phi) is 7.63. The monoisotopic (exact) mass is 546 g/mol. The van der Waals surface area contributed by atoms with E-state index in [0.717, 1.165) is 23.2 Å². The maximum absolute atomic E-state index is 13.7. The first-order valence-corrected chi connectivity index (χ1v) is 14.4. The zero-order valence-electron chi connectivity index (χ0n) is 20.9. The summed E-state index contributed by atoms with van der Waals surface area (Å²) in [7, 11) is 0.339. The van der Waals surface area contributed by atoms with Crippen LogP contribution in [-0.4, -0.2) is 95.2 Å². The van der Waals surface area contributed by atoms with Gasteiger partial charge in [0.2, 0.25) is 10.0 Å². The lowest BCUT2D eigenvalue weighted by molar-refractivity contribution is 0.0730. The number of carbonyl (C=O) groups excluding carboxylic acids is 1. The smallest absolute Gasteiger partial charge is 0.260 e. The standard InChI is InChI=1S/C25H30N4O6S2/c1-27(2)8-3-9-29(25-26-20-16-21-22(17-23(20)36-25)35-15-14-34-21)24(30)18-4-6-19(7-5-18)37(31,32)28-10-12-33-13-11-28/h4-7,16-17H,3,8-15H2,1-2H3. The van der Waals surface area contributed by atoms with Gasteiger partial charge in [0.1, 0.15) is 13.2 Å². The van der Waals surface area contributed by atoms with Crippen LogP contribution in [0.1, 0.15) is 16.8 Å². The van der Waals surface area contributed by atoms with Gasteiger partial charge in [0, 0.05) is 37.3 Å². The molecule has 1 amide bonds. The van der Waals surface area contributed by atoms with E-state index in [1.807, 2.05) is 26.2 Å². The van der Waals surface area contributed by atoms with Gasteiger partial charge in [-0.3, -0.25) is 9.69 Å². The van der Waals surface area contributed by atoms with Gasteiger partial charge in [-0.05, 0) is 51.3 Å². The predicted octanol–water partition coefficient (Wildman–Crippen LogP) is 2.69. The minimum absolute atomic E-state index is 0.163. The summed E-state index contributed by atoms with van der Waals surface area (Å²) in [6, 6.07) is 9.88. The molecule has 0 bridgehead atoms. The van der Waals surface area contributed by atoms with Crippen LogP contribution < -0.4 is 14.4 Å². The van der Waals surface area contributed by atoms with Crippen molar-refractivity contribution < 1.29 is 27.4 Å². The highest BCUT2D eigenvalue weighted by Crippen LogP contribution is 2.39. The third-order valence-electron chi connectivity index (χ3n) is 6.21. The molecule has 1 aromatic heterocycles. The number of rotatable bonds is 8. The van der Waals surface area contributed by atoms with Crippen LogP contribution in [-0.2, 0) is 14.8 Å². The van der Waals surface area contributed by atoms with Gasteiger partial charge in [-0.1, -0.05) is 11.3 Å². The van der Waals surface area contributed by atoms with Crippen molar-refractivity contribution in [2.24, 2.45) is 0 Å². The van der Waals surface area contributed by atoms with Gasteiger partial charge in [0.25, 0.3) is 5.91 Å². The van der Waals surface area contributed by atoms with E-state index in [1.165, 1.54) is 27.8 Å². The Hall–Kier alpha value is -2.77. The average molecular weight is 547 g/mol. The van der Waals surface area contributed by atoms with E-state index < -0.39 is 10.0 Å². The molecule has 10 nitrogen and oxygen atoms in total. The largest absolute Gasteiger partial charge is 0.486 e. The number of nitrogens with zero attached hydrogens (tertiary/aromatic N) is 4. The molecule has 0 saturated carbocycles. The number of amides is 1. The molecular weight excluding hydrogens is 516 g/mol. The Morgan fingerprint density at radius 3 is 2.35 bits per heavy atom. The lowest BCUT2D eigenvalue weighted by Crippen LogP contribution is -2.40. The first kappa shape index (κ1) is 25.9. The number of morpholine rings is 1. The molecule has 37 heavy (non-hydrogen) atoms. The van der Waals surface area contributed by atoms with Gasteiger partial charge in [0.05, 0.1) is 28.3 Å². The molecule has 12 heteroatoms. The quantitative estimate of drug-likeness (QED) is 0.425. The molecule has 0 aliphatic carbocycles. The molecule has 198 valence electrons.